The minimum Gasteiger partial charge on any atom is -0.356 e. The normalized spacial score (nSPS) is 26.9. The van der Waals surface area contributed by atoms with Crippen LogP contribution in [0.3, 0.4) is 0 Å². The lowest BCUT2D eigenvalue weighted by atomic mass is 9.53. The van der Waals surface area contributed by atoms with Gasteiger partial charge in [-0.15, -0.1) is 11.3 Å². The van der Waals surface area contributed by atoms with E-state index in [9.17, 15) is 9.59 Å². The average Bonchev–Trinajstić information content (AvgIpc) is 3.14. The summed E-state index contributed by atoms with van der Waals surface area (Å²) in [7, 11) is 0. The fourth-order valence-electron chi connectivity index (χ4n) is 4.69. The molecule has 0 spiro atoms. The van der Waals surface area contributed by atoms with E-state index >= 15 is 0 Å². The van der Waals surface area contributed by atoms with E-state index in [0.29, 0.717) is 13.1 Å². The van der Waals surface area contributed by atoms with Crippen LogP contribution in [-0.4, -0.2) is 29.9 Å². The average molecular weight is 386 g/mol. The number of rotatable bonds is 6. The lowest BCUT2D eigenvalue weighted by molar-refractivity contribution is -0.137. The quantitative estimate of drug-likeness (QED) is 0.747. The molecule has 0 radical (unpaired) electrons. The van der Waals surface area contributed by atoms with Gasteiger partial charge in [-0.05, 0) is 57.1 Å². The maximum atomic E-state index is 12.8. The van der Waals surface area contributed by atoms with Gasteiger partial charge in [-0.3, -0.25) is 9.59 Å². The highest BCUT2D eigenvalue weighted by Gasteiger charge is 2.53. The smallest absolute Gasteiger partial charge is 0.226 e. The number of benzene rings is 1. The first-order valence-corrected chi connectivity index (χ1v) is 10.7. The number of hydrogen-bond donors (Lipinski definition) is 2. The molecular formula is C21H27N3O2S. The Balaban J connectivity index is 1.37. The van der Waals surface area contributed by atoms with Crippen LogP contribution in [0.25, 0.3) is 10.2 Å². The molecule has 3 aliphatic rings. The van der Waals surface area contributed by atoms with Crippen LogP contribution < -0.4 is 10.6 Å². The number of thiazole rings is 1. The number of nitrogens with zero attached hydrogens (tertiary/aromatic N) is 1. The third-order valence-electron chi connectivity index (χ3n) is 6.49. The van der Waals surface area contributed by atoms with Crippen molar-refractivity contribution in [2.45, 2.75) is 57.3 Å². The predicted octanol–water partition coefficient (Wildman–Crippen LogP) is 3.53. The van der Waals surface area contributed by atoms with Gasteiger partial charge in [0.15, 0.2) is 0 Å². The number of carbonyl (C=O) groups is 2. The molecule has 3 saturated carbocycles. The second kappa shape index (κ2) is 7.23. The summed E-state index contributed by atoms with van der Waals surface area (Å²) in [5.41, 5.74) is 1.09. The van der Waals surface area contributed by atoms with Gasteiger partial charge in [0, 0.05) is 30.8 Å². The van der Waals surface area contributed by atoms with Crippen LogP contribution in [0.1, 0.15) is 56.9 Å². The van der Waals surface area contributed by atoms with Crippen LogP contribution >= 0.6 is 11.3 Å². The van der Waals surface area contributed by atoms with Gasteiger partial charge in [0.1, 0.15) is 0 Å². The van der Waals surface area contributed by atoms with E-state index in [2.05, 4.69) is 28.8 Å². The molecule has 5 rings (SSSR count). The molecule has 2 N–H and O–H groups in total. The van der Waals surface area contributed by atoms with Crippen molar-refractivity contribution >= 4 is 33.4 Å². The summed E-state index contributed by atoms with van der Waals surface area (Å²) in [6.07, 6.45) is 6.84. The standard InChI is InChI=1S/C21H27N3O2S/c1-15(25)22-13-4-14-23-18(26)20-7-10-21(11-8-20,12-9-20)19-24-16-5-2-3-6-17(16)27-19/h2-3,5-6H,4,7-14H2,1H3,(H,22,25)(H,23,26). The van der Waals surface area contributed by atoms with Crippen molar-refractivity contribution < 1.29 is 9.59 Å². The largest absolute Gasteiger partial charge is 0.356 e. The van der Waals surface area contributed by atoms with Gasteiger partial charge in [-0.1, -0.05) is 12.1 Å². The van der Waals surface area contributed by atoms with Gasteiger partial charge in [0.2, 0.25) is 11.8 Å². The Kier molecular flexibility index (Phi) is 4.93. The van der Waals surface area contributed by atoms with Gasteiger partial charge in [-0.25, -0.2) is 4.98 Å². The van der Waals surface area contributed by atoms with E-state index in [-0.39, 0.29) is 22.6 Å². The van der Waals surface area contributed by atoms with Crippen molar-refractivity contribution in [2.75, 3.05) is 13.1 Å². The fourth-order valence-corrected chi connectivity index (χ4v) is 5.93. The lowest BCUT2D eigenvalue weighted by Gasteiger charge is -2.51. The Bertz CT molecular complexity index is 802. The van der Waals surface area contributed by atoms with Crippen molar-refractivity contribution in [1.29, 1.82) is 0 Å². The highest BCUT2D eigenvalue weighted by molar-refractivity contribution is 7.18. The van der Waals surface area contributed by atoms with Crippen LogP contribution in [0.5, 0.6) is 0 Å². The maximum absolute atomic E-state index is 12.8. The van der Waals surface area contributed by atoms with E-state index in [0.717, 1.165) is 50.5 Å². The minimum atomic E-state index is -0.188. The highest BCUT2D eigenvalue weighted by atomic mass is 32.1. The molecule has 0 atom stereocenters. The summed E-state index contributed by atoms with van der Waals surface area (Å²) in [6.45, 7) is 2.76. The van der Waals surface area contributed by atoms with Crippen molar-refractivity contribution in [3.05, 3.63) is 29.3 Å². The summed E-state index contributed by atoms with van der Waals surface area (Å²) < 4.78 is 1.26. The van der Waals surface area contributed by atoms with Crippen molar-refractivity contribution in [1.82, 2.24) is 15.6 Å². The zero-order chi connectivity index (χ0) is 18.9. The van der Waals surface area contributed by atoms with Gasteiger partial charge in [-0.2, -0.15) is 0 Å². The van der Waals surface area contributed by atoms with Crippen LogP contribution in [-0.2, 0) is 15.0 Å². The molecule has 3 fully saturated rings. The zero-order valence-corrected chi connectivity index (χ0v) is 16.7. The van der Waals surface area contributed by atoms with Gasteiger partial charge in [0.25, 0.3) is 0 Å². The topological polar surface area (TPSA) is 71.1 Å². The molecule has 2 amide bonds. The number of hydrogen-bond acceptors (Lipinski definition) is 4. The summed E-state index contributed by atoms with van der Waals surface area (Å²) >= 11 is 1.83. The summed E-state index contributed by atoms with van der Waals surface area (Å²) in [5.74, 6) is 0.189. The highest BCUT2D eigenvalue weighted by Crippen LogP contribution is 2.58. The van der Waals surface area contributed by atoms with Crippen molar-refractivity contribution in [3.63, 3.8) is 0 Å². The third-order valence-corrected chi connectivity index (χ3v) is 7.77. The molecule has 3 aliphatic carbocycles. The van der Waals surface area contributed by atoms with Crippen LogP contribution in [0.4, 0.5) is 0 Å². The SMILES string of the molecule is CC(=O)NCCCNC(=O)C12CCC(c3nc4ccccc4s3)(CC1)CC2. The Morgan fingerprint density at radius 2 is 1.70 bits per heavy atom. The van der Waals surface area contributed by atoms with Crippen molar-refractivity contribution in [3.8, 4) is 0 Å². The first-order chi connectivity index (χ1) is 13.0. The van der Waals surface area contributed by atoms with Gasteiger partial charge >= 0.3 is 0 Å². The number of aromatic nitrogens is 1. The van der Waals surface area contributed by atoms with Crippen LogP contribution in [0.15, 0.2) is 24.3 Å². The molecule has 1 aromatic carbocycles. The summed E-state index contributed by atoms with van der Waals surface area (Å²) in [6, 6.07) is 8.37. The summed E-state index contributed by atoms with van der Waals surface area (Å²) in [4.78, 5) is 28.7. The van der Waals surface area contributed by atoms with Gasteiger partial charge < -0.3 is 10.6 Å². The molecule has 5 nitrogen and oxygen atoms in total. The molecule has 0 saturated heterocycles. The van der Waals surface area contributed by atoms with Gasteiger partial charge in [0.05, 0.1) is 15.2 Å². The van der Waals surface area contributed by atoms with E-state index in [1.54, 1.807) is 0 Å². The molecule has 6 heteroatoms. The number of carbonyl (C=O) groups excluding carboxylic acids is 2. The number of fused-ring (bicyclic) bond motifs is 4. The monoisotopic (exact) mass is 385 g/mol. The molecular weight excluding hydrogens is 358 g/mol. The molecule has 144 valence electrons. The zero-order valence-electron chi connectivity index (χ0n) is 15.8. The van der Waals surface area contributed by atoms with Crippen LogP contribution in [0.2, 0.25) is 0 Å². The summed E-state index contributed by atoms with van der Waals surface area (Å²) in [5, 5.41) is 7.15. The van der Waals surface area contributed by atoms with Crippen molar-refractivity contribution in [2.24, 2.45) is 5.41 Å². The lowest BCUT2D eigenvalue weighted by Crippen LogP contribution is -2.51. The Morgan fingerprint density at radius 3 is 2.37 bits per heavy atom. The Labute approximate surface area is 163 Å². The molecule has 2 bridgehead atoms. The molecule has 2 aromatic rings. The molecule has 1 heterocycles. The number of amides is 2. The van der Waals surface area contributed by atoms with E-state index in [4.69, 9.17) is 4.98 Å². The second-order valence-corrected chi connectivity index (χ2v) is 9.17. The second-order valence-electron chi connectivity index (χ2n) is 8.14. The first-order valence-electron chi connectivity index (χ1n) is 9.92. The fraction of sp³-hybridized carbons (Fsp3) is 0.571. The van der Waals surface area contributed by atoms with E-state index in [1.165, 1.54) is 16.6 Å². The predicted molar refractivity (Wildman–Crippen MR) is 108 cm³/mol. The van der Waals surface area contributed by atoms with Crippen LogP contribution in [0, 0.1) is 5.41 Å². The Morgan fingerprint density at radius 1 is 1.04 bits per heavy atom. The molecule has 27 heavy (non-hydrogen) atoms. The number of para-hydroxylation sites is 1. The Hall–Kier alpha value is -1.95. The molecule has 1 aromatic heterocycles. The number of nitrogens with one attached hydrogen (secondary N) is 2. The van der Waals surface area contributed by atoms with E-state index in [1.807, 2.05) is 17.4 Å². The first kappa shape index (κ1) is 18.4. The maximum Gasteiger partial charge on any atom is 0.226 e. The minimum absolute atomic E-state index is 0.0225. The third kappa shape index (κ3) is 3.47. The molecule has 0 aliphatic heterocycles. The molecule has 0 unspecified atom stereocenters. The van der Waals surface area contributed by atoms with E-state index < -0.39 is 0 Å².